The summed E-state index contributed by atoms with van der Waals surface area (Å²) in [6, 6.07) is 10.8. The molecule has 2 unspecified atom stereocenters. The van der Waals surface area contributed by atoms with Gasteiger partial charge in [0.25, 0.3) is 11.8 Å². The number of hydrogen-bond donors (Lipinski definition) is 5. The first-order chi connectivity index (χ1) is 36.0. The number of alkyl carbamates (subject to hydrolysis) is 1. The zero-order valence-electron chi connectivity index (χ0n) is 42.1. The summed E-state index contributed by atoms with van der Waals surface area (Å²) in [5, 5.41) is 20.8. The minimum Gasteiger partial charge on any atom is -0.465 e. The quantitative estimate of drug-likeness (QED) is 0.0310. The Morgan fingerprint density at radius 1 is 0.867 bits per heavy atom. The average molecular weight is 1060 g/mol. The summed E-state index contributed by atoms with van der Waals surface area (Å²) in [7, 11) is 0. The molecule has 2 heterocycles. The molecular weight excluding hydrogens is 1000 g/mol. The van der Waals surface area contributed by atoms with Crippen molar-refractivity contribution in [3.05, 3.63) is 81.2 Å². The molecule has 2 aromatic carbocycles. The van der Waals surface area contributed by atoms with Crippen LogP contribution in [0.2, 0.25) is 5.02 Å². The Bertz CT molecular complexity index is 2540. The van der Waals surface area contributed by atoms with Crippen molar-refractivity contribution in [2.24, 2.45) is 23.5 Å². The van der Waals surface area contributed by atoms with Crippen molar-refractivity contribution in [2.75, 3.05) is 71.3 Å². The number of piperidine rings is 1. The lowest BCUT2D eigenvalue weighted by Gasteiger charge is -2.31. The van der Waals surface area contributed by atoms with Crippen LogP contribution in [0.1, 0.15) is 76.8 Å². The molecule has 2 aliphatic heterocycles. The Kier molecular flexibility index (Phi) is 22.5. The number of esters is 2. The Morgan fingerprint density at radius 2 is 1.52 bits per heavy atom. The number of carbonyl (C=O) groups is 9. The third kappa shape index (κ3) is 17.1. The van der Waals surface area contributed by atoms with Crippen LogP contribution < -0.4 is 31.7 Å². The maximum atomic E-state index is 13.7. The number of fused-ring (bicyclic) bond motifs is 1. The number of primary amides is 1. The van der Waals surface area contributed by atoms with Crippen LogP contribution in [0.5, 0.6) is 5.75 Å². The molecule has 6 N–H and O–H groups in total. The molecule has 3 aliphatic rings. The zero-order chi connectivity index (χ0) is 54.6. The Hall–Kier alpha value is -7.39. The molecule has 5 rings (SSSR count). The number of carbonyl (C=O) groups excluding carboxylic acids is 9. The van der Waals surface area contributed by atoms with Gasteiger partial charge in [0, 0.05) is 59.1 Å². The molecule has 4 atom stereocenters. The highest BCUT2D eigenvalue weighted by atomic mass is 35.5. The fraction of sp³-hybridized carbons (Fsp3) is 0.490. The summed E-state index contributed by atoms with van der Waals surface area (Å²) in [6.45, 7) is 7.69. The van der Waals surface area contributed by atoms with E-state index in [1.165, 1.54) is 23.1 Å². The third-order valence-corrected chi connectivity index (χ3v) is 12.1. The molecule has 0 bridgehead atoms. The first-order valence-corrected chi connectivity index (χ1v) is 24.8. The summed E-state index contributed by atoms with van der Waals surface area (Å²) in [6.07, 6.45) is -0.390. The van der Waals surface area contributed by atoms with E-state index in [9.17, 15) is 48.4 Å². The highest BCUT2D eigenvalue weighted by Crippen LogP contribution is 2.45. The van der Waals surface area contributed by atoms with E-state index in [4.69, 9.17) is 50.5 Å². The zero-order valence-corrected chi connectivity index (χ0v) is 42.9. The maximum absolute atomic E-state index is 13.7. The highest BCUT2D eigenvalue weighted by molar-refractivity contribution is 6.30. The van der Waals surface area contributed by atoms with E-state index in [1.807, 2.05) is 6.07 Å². The molecule has 404 valence electrons. The van der Waals surface area contributed by atoms with Gasteiger partial charge in [0.15, 0.2) is 11.7 Å². The molecule has 2 aromatic rings. The van der Waals surface area contributed by atoms with Crippen molar-refractivity contribution in [3.8, 4) is 11.8 Å². The number of benzene rings is 2. The second kappa shape index (κ2) is 28.9. The summed E-state index contributed by atoms with van der Waals surface area (Å²) < 4.78 is 38.2. The number of urea groups is 1. The number of imide groups is 1. The lowest BCUT2D eigenvalue weighted by atomic mass is 9.79. The van der Waals surface area contributed by atoms with Crippen LogP contribution in [0.3, 0.4) is 0 Å². The average Bonchev–Trinajstić information content (AvgIpc) is 4.14. The lowest BCUT2D eigenvalue weighted by molar-refractivity contribution is -0.147. The first-order valence-electron chi connectivity index (χ1n) is 24.4. The predicted molar refractivity (Wildman–Crippen MR) is 265 cm³/mol. The van der Waals surface area contributed by atoms with Crippen LogP contribution in [0.4, 0.5) is 15.3 Å². The van der Waals surface area contributed by atoms with Crippen LogP contribution in [-0.4, -0.2) is 130 Å². The lowest BCUT2D eigenvalue weighted by Crippen LogP contribution is -2.45. The van der Waals surface area contributed by atoms with Gasteiger partial charge in [-0.25, -0.2) is 14.4 Å². The van der Waals surface area contributed by atoms with Crippen LogP contribution in [0.15, 0.2) is 65.1 Å². The van der Waals surface area contributed by atoms with Gasteiger partial charge in [0.2, 0.25) is 17.7 Å². The van der Waals surface area contributed by atoms with E-state index in [1.54, 1.807) is 52.0 Å². The molecular formula is C51H62ClN7O16. The van der Waals surface area contributed by atoms with Crippen molar-refractivity contribution >= 4 is 70.8 Å². The molecule has 24 heteroatoms. The SMILES string of the molecule is CCOC(=O)C1=C(NC(=O)OCc2ccc(NC(=O)[C@H](CCCNC(N)=O)CC(=O)[C@@H](NC(=O)CCOCCOCCOCCN3C(=O)C4=C(C4)C3=O)C(C)C)cc2)Oc2ccc(Cl)cc2C1C(C#N)C(=O)OCC. The Labute approximate surface area is 438 Å². The number of rotatable bonds is 31. The second-order valence-electron chi connectivity index (χ2n) is 17.5. The number of likely N-dealkylation sites (tertiary alicyclic amines) is 1. The van der Waals surface area contributed by atoms with E-state index < -0.39 is 65.6 Å². The monoisotopic (exact) mass is 1060 g/mol. The highest BCUT2D eigenvalue weighted by Gasteiger charge is 2.47. The minimum atomic E-state index is -1.57. The predicted octanol–water partition coefficient (Wildman–Crippen LogP) is 3.83. The number of ketones is 1. The molecule has 7 amide bonds. The number of amides is 7. The second-order valence-corrected chi connectivity index (χ2v) is 18.0. The number of nitrogens with zero attached hydrogens (tertiary/aromatic N) is 2. The number of nitrogens with two attached hydrogens (primary N) is 1. The number of nitrogens with one attached hydrogen (secondary N) is 4. The molecule has 0 saturated heterocycles. The van der Waals surface area contributed by atoms with Gasteiger partial charge >= 0.3 is 24.1 Å². The number of halogens is 1. The molecule has 23 nitrogen and oxygen atoms in total. The van der Waals surface area contributed by atoms with E-state index in [0.717, 1.165) is 0 Å². The van der Waals surface area contributed by atoms with Crippen molar-refractivity contribution in [2.45, 2.75) is 78.4 Å². The van der Waals surface area contributed by atoms with Gasteiger partial charge in [0.1, 0.15) is 17.9 Å². The van der Waals surface area contributed by atoms with Crippen molar-refractivity contribution in [1.82, 2.24) is 20.9 Å². The van der Waals surface area contributed by atoms with E-state index >= 15 is 0 Å². The maximum Gasteiger partial charge on any atom is 0.414 e. The number of ether oxygens (including phenoxy) is 7. The number of nitriles is 1. The van der Waals surface area contributed by atoms with Gasteiger partial charge in [0.05, 0.1) is 77.4 Å². The van der Waals surface area contributed by atoms with Crippen molar-refractivity contribution < 1.29 is 76.3 Å². The Morgan fingerprint density at radius 3 is 2.15 bits per heavy atom. The van der Waals surface area contributed by atoms with E-state index in [0.29, 0.717) is 35.2 Å². The van der Waals surface area contributed by atoms with Gasteiger partial charge in [-0.15, -0.1) is 0 Å². The van der Waals surface area contributed by atoms with Crippen LogP contribution in [-0.2, 0) is 68.6 Å². The normalized spacial score (nSPS) is 15.6. The standard InChI is InChI=1S/C51H62ClN7O16/c1-5-72-48(65)37(27-53)41-36-25-32(52)11-14-39(36)75-45(42(41)49(66)73-6-2)58-51(68)74-28-30-9-12-33(13-10-30)56-44(62)31(8-7-16-55-50(54)67)24-38(60)43(29(3)4)57-40(61)15-18-69-20-22-71-23-21-70-19-17-59-46(63)34-26-35(34)47(59)64/h9-14,25,29,31,37,41,43H,5-8,15-24,26,28H2,1-4H3,(H,56,62)(H,57,61)(H,58,68)(H3,54,55,67)/t31-,37?,41?,43+/m1/s1. The third-order valence-electron chi connectivity index (χ3n) is 11.8. The fourth-order valence-electron chi connectivity index (χ4n) is 8.03. The number of Topliss-reactive ketones (excluding diaryl/α,β-unsaturated/α-hetero) is 1. The van der Waals surface area contributed by atoms with E-state index in [2.05, 4.69) is 21.3 Å². The van der Waals surface area contributed by atoms with Crippen LogP contribution >= 0.6 is 11.6 Å². The number of anilines is 1. The van der Waals surface area contributed by atoms with Gasteiger partial charge in [-0.1, -0.05) is 37.6 Å². The summed E-state index contributed by atoms with van der Waals surface area (Å²) in [4.78, 5) is 117. The van der Waals surface area contributed by atoms with E-state index in [-0.39, 0.29) is 137 Å². The molecule has 0 spiro atoms. The largest absolute Gasteiger partial charge is 0.465 e. The Balaban J connectivity index is 1.10. The van der Waals surface area contributed by atoms with Crippen molar-refractivity contribution in [1.29, 1.82) is 5.26 Å². The molecule has 0 fully saturated rings. The molecule has 0 aromatic heterocycles. The van der Waals surface area contributed by atoms with Gasteiger partial charge in [-0.3, -0.25) is 39.0 Å². The van der Waals surface area contributed by atoms with Gasteiger partial charge in [-0.2, -0.15) is 5.26 Å². The molecule has 75 heavy (non-hydrogen) atoms. The van der Waals surface area contributed by atoms with Gasteiger partial charge < -0.3 is 54.8 Å². The number of hydrogen-bond acceptors (Lipinski definition) is 17. The van der Waals surface area contributed by atoms with Crippen LogP contribution in [0.25, 0.3) is 0 Å². The first kappa shape index (κ1) is 58.5. The summed E-state index contributed by atoms with van der Waals surface area (Å²) in [5.41, 5.74) is 7.07. The minimum absolute atomic E-state index is 0.0447. The van der Waals surface area contributed by atoms with Crippen molar-refractivity contribution in [3.63, 3.8) is 0 Å². The smallest absolute Gasteiger partial charge is 0.414 e. The fourth-order valence-corrected chi connectivity index (χ4v) is 8.21. The summed E-state index contributed by atoms with van der Waals surface area (Å²) in [5.74, 6) is -8.16. The van der Waals surface area contributed by atoms with Crippen LogP contribution in [0, 0.1) is 29.1 Å². The molecule has 0 saturated carbocycles. The molecule has 0 radical (unpaired) electrons. The van der Waals surface area contributed by atoms with Gasteiger partial charge in [-0.05, 0) is 68.5 Å². The summed E-state index contributed by atoms with van der Waals surface area (Å²) >= 11 is 6.27. The topological polar surface area (TPSA) is 319 Å². The molecule has 1 aliphatic carbocycles.